The zero-order chi connectivity index (χ0) is 17.4. The van der Waals surface area contributed by atoms with Gasteiger partial charge < -0.3 is 9.88 Å². The largest absolute Gasteiger partial charge is 0.336 e. The van der Waals surface area contributed by atoms with E-state index in [9.17, 15) is 4.79 Å². The first-order valence-electron chi connectivity index (χ1n) is 7.92. The van der Waals surface area contributed by atoms with Gasteiger partial charge in [-0.25, -0.2) is 4.98 Å². The van der Waals surface area contributed by atoms with Gasteiger partial charge in [-0.3, -0.25) is 9.48 Å². The number of fused-ring (bicyclic) bond motifs is 1. The van der Waals surface area contributed by atoms with Gasteiger partial charge in [0.15, 0.2) is 0 Å². The van der Waals surface area contributed by atoms with Crippen LogP contribution in [-0.4, -0.2) is 25.2 Å². The van der Waals surface area contributed by atoms with Crippen LogP contribution in [0.1, 0.15) is 10.4 Å². The third kappa shape index (κ3) is 2.78. The predicted molar refractivity (Wildman–Crippen MR) is 97.3 cm³/mol. The number of benzene rings is 1. The van der Waals surface area contributed by atoms with Crippen LogP contribution in [-0.2, 0) is 14.1 Å². The van der Waals surface area contributed by atoms with Crippen LogP contribution in [0.4, 0.5) is 5.69 Å². The number of aryl methyl sites for hydroxylation is 2. The fourth-order valence-electron chi connectivity index (χ4n) is 2.93. The second-order valence-electron chi connectivity index (χ2n) is 5.96. The second kappa shape index (κ2) is 5.90. The molecule has 0 bridgehead atoms. The van der Waals surface area contributed by atoms with Crippen molar-refractivity contribution in [3.8, 4) is 11.1 Å². The maximum atomic E-state index is 12.5. The molecule has 124 valence electrons. The molecule has 0 unspecified atom stereocenters. The molecule has 0 aliphatic rings. The first-order chi connectivity index (χ1) is 12.1. The highest BCUT2D eigenvalue weighted by atomic mass is 16.1. The van der Waals surface area contributed by atoms with E-state index in [4.69, 9.17) is 0 Å². The minimum Gasteiger partial charge on any atom is -0.336 e. The van der Waals surface area contributed by atoms with Crippen molar-refractivity contribution < 1.29 is 4.79 Å². The minimum absolute atomic E-state index is 0.159. The normalized spacial score (nSPS) is 11.0. The Kier molecular flexibility index (Phi) is 3.57. The van der Waals surface area contributed by atoms with Crippen LogP contribution in [0.3, 0.4) is 0 Å². The van der Waals surface area contributed by atoms with Gasteiger partial charge in [0.05, 0.1) is 11.9 Å². The van der Waals surface area contributed by atoms with Crippen molar-refractivity contribution in [2.75, 3.05) is 5.32 Å². The minimum atomic E-state index is -0.159. The van der Waals surface area contributed by atoms with Gasteiger partial charge in [-0.2, -0.15) is 5.10 Å². The Morgan fingerprint density at radius 1 is 1.16 bits per heavy atom. The lowest BCUT2D eigenvalue weighted by Crippen LogP contribution is -2.11. The standard InChI is InChI=1S/C19H17N5O/c1-23-9-7-17-16(6-8-20-18(17)23)13-4-3-5-14(10-13)19(25)22-15-11-21-24(2)12-15/h3-12H,1-2H3,(H,22,25). The number of rotatable bonds is 3. The quantitative estimate of drug-likeness (QED) is 0.627. The van der Waals surface area contributed by atoms with E-state index in [1.165, 1.54) is 0 Å². The first kappa shape index (κ1) is 15.1. The first-order valence-corrected chi connectivity index (χ1v) is 7.92. The summed E-state index contributed by atoms with van der Waals surface area (Å²) in [4.78, 5) is 16.9. The molecule has 6 heteroatoms. The molecule has 0 aliphatic carbocycles. The van der Waals surface area contributed by atoms with Crippen LogP contribution in [0.5, 0.6) is 0 Å². The lowest BCUT2D eigenvalue weighted by Gasteiger charge is -2.07. The van der Waals surface area contributed by atoms with E-state index in [1.54, 1.807) is 29.3 Å². The molecule has 0 saturated carbocycles. The highest BCUT2D eigenvalue weighted by Gasteiger charge is 2.11. The molecule has 4 rings (SSSR count). The number of carbonyl (C=O) groups excluding carboxylic acids is 1. The second-order valence-corrected chi connectivity index (χ2v) is 5.96. The average molecular weight is 331 g/mol. The predicted octanol–water partition coefficient (Wildman–Crippen LogP) is 3.23. The summed E-state index contributed by atoms with van der Waals surface area (Å²) in [5, 5.41) is 7.98. The monoisotopic (exact) mass is 331 g/mol. The molecule has 3 aromatic heterocycles. The Morgan fingerprint density at radius 2 is 2.04 bits per heavy atom. The molecule has 0 atom stereocenters. The molecule has 0 saturated heterocycles. The average Bonchev–Trinajstić information content (AvgIpc) is 3.21. The van der Waals surface area contributed by atoms with E-state index in [0.717, 1.165) is 22.2 Å². The summed E-state index contributed by atoms with van der Waals surface area (Å²) in [6, 6.07) is 11.6. The SMILES string of the molecule is Cn1cc(NC(=O)c2cccc(-c3ccnc4c3ccn4C)c2)cn1. The number of nitrogens with zero attached hydrogens (tertiary/aromatic N) is 4. The molecule has 3 heterocycles. The summed E-state index contributed by atoms with van der Waals surface area (Å²) in [5.74, 6) is -0.159. The summed E-state index contributed by atoms with van der Waals surface area (Å²) in [7, 11) is 3.78. The molecule has 0 radical (unpaired) electrons. The zero-order valence-corrected chi connectivity index (χ0v) is 14.0. The van der Waals surface area contributed by atoms with Gasteiger partial charge in [0.25, 0.3) is 5.91 Å². The fourth-order valence-corrected chi connectivity index (χ4v) is 2.93. The van der Waals surface area contributed by atoms with E-state index in [1.807, 2.05) is 55.2 Å². The van der Waals surface area contributed by atoms with E-state index in [2.05, 4.69) is 15.4 Å². The maximum absolute atomic E-state index is 12.5. The molecule has 25 heavy (non-hydrogen) atoms. The van der Waals surface area contributed by atoms with E-state index in [-0.39, 0.29) is 5.91 Å². The molecule has 1 N–H and O–H groups in total. The van der Waals surface area contributed by atoms with Crippen molar-refractivity contribution in [1.82, 2.24) is 19.3 Å². The smallest absolute Gasteiger partial charge is 0.255 e. The van der Waals surface area contributed by atoms with Crippen molar-refractivity contribution in [1.29, 1.82) is 0 Å². The highest BCUT2D eigenvalue weighted by molar-refractivity contribution is 6.05. The fraction of sp³-hybridized carbons (Fsp3) is 0.105. The summed E-state index contributed by atoms with van der Waals surface area (Å²) >= 11 is 0. The van der Waals surface area contributed by atoms with E-state index >= 15 is 0 Å². The number of hydrogen-bond donors (Lipinski definition) is 1. The highest BCUT2D eigenvalue weighted by Crippen LogP contribution is 2.28. The molecule has 1 aromatic carbocycles. The number of nitrogens with one attached hydrogen (secondary N) is 1. The van der Waals surface area contributed by atoms with E-state index < -0.39 is 0 Å². The van der Waals surface area contributed by atoms with Gasteiger partial charge in [-0.15, -0.1) is 0 Å². The third-order valence-corrected chi connectivity index (χ3v) is 4.17. The Hall–Kier alpha value is -3.41. The molecule has 6 nitrogen and oxygen atoms in total. The molecular weight excluding hydrogens is 314 g/mol. The van der Waals surface area contributed by atoms with Crippen LogP contribution in [0, 0.1) is 0 Å². The molecule has 4 aromatic rings. The Balaban J connectivity index is 1.70. The number of aromatic nitrogens is 4. The number of carbonyl (C=O) groups is 1. The summed E-state index contributed by atoms with van der Waals surface area (Å²) < 4.78 is 3.63. The molecule has 0 spiro atoms. The van der Waals surface area contributed by atoms with Crippen molar-refractivity contribution in [2.24, 2.45) is 14.1 Å². The zero-order valence-electron chi connectivity index (χ0n) is 14.0. The summed E-state index contributed by atoms with van der Waals surface area (Å²) in [6.45, 7) is 0. The Bertz CT molecular complexity index is 1080. The van der Waals surface area contributed by atoms with Gasteiger partial charge in [-0.1, -0.05) is 12.1 Å². The van der Waals surface area contributed by atoms with Crippen molar-refractivity contribution in [3.05, 3.63) is 66.7 Å². The Labute approximate surface area is 144 Å². The lowest BCUT2D eigenvalue weighted by atomic mass is 10.0. The summed E-state index contributed by atoms with van der Waals surface area (Å²) in [6.07, 6.45) is 7.16. The molecular formula is C19H17N5O. The van der Waals surface area contributed by atoms with Crippen LogP contribution in [0.2, 0.25) is 0 Å². The number of anilines is 1. The third-order valence-electron chi connectivity index (χ3n) is 4.17. The van der Waals surface area contributed by atoms with Crippen LogP contribution < -0.4 is 5.32 Å². The van der Waals surface area contributed by atoms with Crippen LogP contribution in [0.25, 0.3) is 22.2 Å². The van der Waals surface area contributed by atoms with Gasteiger partial charge in [0, 0.05) is 43.6 Å². The topological polar surface area (TPSA) is 64.7 Å². The van der Waals surface area contributed by atoms with Gasteiger partial charge >= 0.3 is 0 Å². The van der Waals surface area contributed by atoms with Crippen molar-refractivity contribution in [2.45, 2.75) is 0 Å². The Morgan fingerprint density at radius 3 is 2.84 bits per heavy atom. The molecule has 1 amide bonds. The number of pyridine rings is 1. The van der Waals surface area contributed by atoms with Crippen molar-refractivity contribution >= 4 is 22.6 Å². The number of hydrogen-bond acceptors (Lipinski definition) is 3. The maximum Gasteiger partial charge on any atom is 0.255 e. The van der Waals surface area contributed by atoms with Gasteiger partial charge in [-0.05, 0) is 35.4 Å². The lowest BCUT2D eigenvalue weighted by molar-refractivity contribution is 0.102. The van der Waals surface area contributed by atoms with Crippen LogP contribution >= 0.6 is 0 Å². The number of amides is 1. The molecule has 0 aliphatic heterocycles. The van der Waals surface area contributed by atoms with Crippen molar-refractivity contribution in [3.63, 3.8) is 0 Å². The van der Waals surface area contributed by atoms with Gasteiger partial charge in [0.2, 0.25) is 0 Å². The van der Waals surface area contributed by atoms with Crippen LogP contribution in [0.15, 0.2) is 61.2 Å². The van der Waals surface area contributed by atoms with E-state index in [0.29, 0.717) is 11.3 Å². The van der Waals surface area contributed by atoms with Gasteiger partial charge in [0.1, 0.15) is 5.65 Å². The molecule has 0 fully saturated rings. The summed E-state index contributed by atoms with van der Waals surface area (Å²) in [5.41, 5.74) is 4.23.